The van der Waals surface area contributed by atoms with Gasteiger partial charge in [-0.2, -0.15) is 5.26 Å². The maximum Gasteiger partial charge on any atom is 0.0991 e. The summed E-state index contributed by atoms with van der Waals surface area (Å²) in [5.41, 5.74) is 3.20. The van der Waals surface area contributed by atoms with Crippen LogP contribution in [0.5, 0.6) is 0 Å². The number of hydrogen-bond donors (Lipinski definition) is 0. The molecule has 0 bridgehead atoms. The van der Waals surface area contributed by atoms with Crippen molar-refractivity contribution in [3.05, 3.63) is 34.9 Å². The molecule has 0 fully saturated rings. The molecule has 1 aromatic rings. The van der Waals surface area contributed by atoms with E-state index in [1.807, 2.05) is 19.1 Å². The fourth-order valence-corrected chi connectivity index (χ4v) is 1.87. The second kappa shape index (κ2) is 7.86. The van der Waals surface area contributed by atoms with Gasteiger partial charge in [-0.25, -0.2) is 0 Å². The number of nitrogens with zero attached hydrogens (tertiary/aromatic N) is 2. The Morgan fingerprint density at radius 3 is 2.67 bits per heavy atom. The van der Waals surface area contributed by atoms with E-state index in [2.05, 4.69) is 30.9 Å². The number of ether oxygens (including phenoxy) is 1. The smallest absolute Gasteiger partial charge is 0.0991 e. The zero-order chi connectivity index (χ0) is 13.4. The van der Waals surface area contributed by atoms with Gasteiger partial charge < -0.3 is 4.74 Å². The molecule has 0 N–H and O–H groups in total. The largest absolute Gasteiger partial charge is 0.380 e. The summed E-state index contributed by atoms with van der Waals surface area (Å²) in [6, 6.07) is 8.06. The fourth-order valence-electron chi connectivity index (χ4n) is 1.87. The van der Waals surface area contributed by atoms with Crippen molar-refractivity contribution in [3.63, 3.8) is 0 Å². The number of aryl methyl sites for hydroxylation is 1. The van der Waals surface area contributed by atoms with Gasteiger partial charge in [0.05, 0.1) is 18.2 Å². The average Bonchev–Trinajstić information content (AvgIpc) is 2.39. The monoisotopic (exact) mass is 246 g/mol. The summed E-state index contributed by atoms with van der Waals surface area (Å²) in [6.45, 7) is 10.7. The topological polar surface area (TPSA) is 36.3 Å². The highest BCUT2D eigenvalue weighted by atomic mass is 16.5. The summed E-state index contributed by atoms with van der Waals surface area (Å²) < 4.78 is 5.39. The number of likely N-dealkylation sites (N-methyl/N-ethyl adjacent to an activating group) is 1. The van der Waals surface area contributed by atoms with Crippen molar-refractivity contribution in [2.75, 3.05) is 26.3 Å². The third-order valence-electron chi connectivity index (χ3n) is 3.07. The second-order valence-electron chi connectivity index (χ2n) is 4.32. The lowest BCUT2D eigenvalue weighted by molar-refractivity contribution is 0.113. The van der Waals surface area contributed by atoms with Gasteiger partial charge in [0, 0.05) is 19.7 Å². The summed E-state index contributed by atoms with van der Waals surface area (Å²) in [7, 11) is 0. The van der Waals surface area contributed by atoms with Crippen LogP contribution in [0.3, 0.4) is 0 Å². The molecule has 1 aromatic carbocycles. The Hall–Kier alpha value is -1.37. The molecule has 0 aromatic heterocycles. The van der Waals surface area contributed by atoms with Crippen molar-refractivity contribution in [2.24, 2.45) is 0 Å². The van der Waals surface area contributed by atoms with Gasteiger partial charge in [-0.3, -0.25) is 4.90 Å². The summed E-state index contributed by atoms with van der Waals surface area (Å²) in [5.74, 6) is 0. The van der Waals surface area contributed by atoms with E-state index in [4.69, 9.17) is 10.00 Å². The lowest BCUT2D eigenvalue weighted by Crippen LogP contribution is -2.27. The Kier molecular flexibility index (Phi) is 6.42. The highest BCUT2D eigenvalue weighted by molar-refractivity contribution is 5.37. The first-order valence-corrected chi connectivity index (χ1v) is 6.51. The van der Waals surface area contributed by atoms with Crippen LogP contribution in [0.15, 0.2) is 18.2 Å². The van der Waals surface area contributed by atoms with E-state index in [0.29, 0.717) is 0 Å². The summed E-state index contributed by atoms with van der Waals surface area (Å²) in [6.07, 6.45) is 0. The molecular formula is C15H22N2O. The van der Waals surface area contributed by atoms with Crippen LogP contribution in [0, 0.1) is 18.3 Å². The predicted octanol–water partition coefficient (Wildman–Crippen LogP) is 2.73. The molecule has 0 atom stereocenters. The molecule has 0 heterocycles. The van der Waals surface area contributed by atoms with Gasteiger partial charge in [0.25, 0.3) is 0 Å². The Morgan fingerprint density at radius 2 is 2.11 bits per heavy atom. The lowest BCUT2D eigenvalue weighted by Gasteiger charge is -2.21. The van der Waals surface area contributed by atoms with Gasteiger partial charge in [-0.1, -0.05) is 13.0 Å². The molecular weight excluding hydrogens is 224 g/mol. The van der Waals surface area contributed by atoms with Crippen LogP contribution >= 0.6 is 0 Å². The number of hydrogen-bond acceptors (Lipinski definition) is 3. The van der Waals surface area contributed by atoms with Gasteiger partial charge in [0.15, 0.2) is 0 Å². The third-order valence-corrected chi connectivity index (χ3v) is 3.07. The number of benzene rings is 1. The van der Waals surface area contributed by atoms with E-state index in [1.165, 1.54) is 11.1 Å². The lowest BCUT2D eigenvalue weighted by atomic mass is 10.1. The molecule has 1 rings (SSSR count). The molecule has 0 aliphatic heterocycles. The van der Waals surface area contributed by atoms with E-state index in [9.17, 15) is 0 Å². The quantitative estimate of drug-likeness (QED) is 0.694. The van der Waals surface area contributed by atoms with Crippen LogP contribution in [0.1, 0.15) is 30.5 Å². The SMILES string of the molecule is CCOCCN(CC)Cc1ccc(C#N)cc1C. The molecule has 0 amide bonds. The Morgan fingerprint density at radius 1 is 1.33 bits per heavy atom. The van der Waals surface area contributed by atoms with Gasteiger partial charge in [-0.05, 0) is 43.7 Å². The first-order valence-electron chi connectivity index (χ1n) is 6.51. The van der Waals surface area contributed by atoms with Crippen LogP contribution in [0.25, 0.3) is 0 Å². The Balaban J connectivity index is 2.61. The van der Waals surface area contributed by atoms with Crippen LogP contribution in [-0.2, 0) is 11.3 Å². The van der Waals surface area contributed by atoms with E-state index < -0.39 is 0 Å². The van der Waals surface area contributed by atoms with Crippen LogP contribution in [-0.4, -0.2) is 31.2 Å². The molecule has 3 nitrogen and oxygen atoms in total. The van der Waals surface area contributed by atoms with E-state index >= 15 is 0 Å². The van der Waals surface area contributed by atoms with Gasteiger partial charge >= 0.3 is 0 Å². The van der Waals surface area contributed by atoms with E-state index in [-0.39, 0.29) is 0 Å². The molecule has 18 heavy (non-hydrogen) atoms. The standard InChI is InChI=1S/C15H22N2O/c1-4-17(8-9-18-5-2)12-15-7-6-14(11-16)10-13(15)3/h6-7,10H,4-5,8-9,12H2,1-3H3. The summed E-state index contributed by atoms with van der Waals surface area (Å²) in [4.78, 5) is 2.35. The molecule has 0 aliphatic rings. The number of rotatable bonds is 7. The van der Waals surface area contributed by atoms with Crippen LogP contribution in [0.4, 0.5) is 0 Å². The first kappa shape index (κ1) is 14.7. The summed E-state index contributed by atoms with van der Waals surface area (Å²) >= 11 is 0. The van der Waals surface area contributed by atoms with Gasteiger partial charge in [0.1, 0.15) is 0 Å². The minimum atomic E-state index is 0.730. The minimum absolute atomic E-state index is 0.730. The molecule has 0 saturated heterocycles. The van der Waals surface area contributed by atoms with Crippen molar-refractivity contribution in [1.29, 1.82) is 5.26 Å². The molecule has 0 aliphatic carbocycles. The molecule has 3 heteroatoms. The average molecular weight is 246 g/mol. The van der Waals surface area contributed by atoms with Crippen molar-refractivity contribution in [3.8, 4) is 6.07 Å². The maximum atomic E-state index is 8.85. The van der Waals surface area contributed by atoms with Crippen molar-refractivity contribution in [2.45, 2.75) is 27.3 Å². The Bertz CT molecular complexity index is 409. The molecule has 0 saturated carbocycles. The molecule has 0 spiro atoms. The summed E-state index contributed by atoms with van der Waals surface area (Å²) in [5, 5.41) is 8.85. The first-order chi connectivity index (χ1) is 8.71. The van der Waals surface area contributed by atoms with Gasteiger partial charge in [-0.15, -0.1) is 0 Å². The highest BCUT2D eigenvalue weighted by Crippen LogP contribution is 2.13. The van der Waals surface area contributed by atoms with Crippen LogP contribution in [0.2, 0.25) is 0 Å². The van der Waals surface area contributed by atoms with Crippen molar-refractivity contribution in [1.82, 2.24) is 4.90 Å². The predicted molar refractivity (Wildman–Crippen MR) is 73.3 cm³/mol. The zero-order valence-corrected chi connectivity index (χ0v) is 11.6. The highest BCUT2D eigenvalue weighted by Gasteiger charge is 2.06. The second-order valence-corrected chi connectivity index (χ2v) is 4.32. The van der Waals surface area contributed by atoms with E-state index in [1.54, 1.807) is 0 Å². The minimum Gasteiger partial charge on any atom is -0.380 e. The Labute approximate surface area is 110 Å². The van der Waals surface area contributed by atoms with Crippen LogP contribution < -0.4 is 0 Å². The van der Waals surface area contributed by atoms with Gasteiger partial charge in [0.2, 0.25) is 0 Å². The maximum absolute atomic E-state index is 8.85. The fraction of sp³-hybridized carbons (Fsp3) is 0.533. The van der Waals surface area contributed by atoms with E-state index in [0.717, 1.165) is 38.4 Å². The van der Waals surface area contributed by atoms with Crippen molar-refractivity contribution >= 4 is 0 Å². The van der Waals surface area contributed by atoms with Crippen molar-refractivity contribution < 1.29 is 4.74 Å². The normalized spacial score (nSPS) is 10.6. The molecule has 0 unspecified atom stereocenters. The zero-order valence-electron chi connectivity index (χ0n) is 11.6. The number of nitriles is 1. The molecule has 0 radical (unpaired) electrons. The third kappa shape index (κ3) is 4.48. The molecule has 98 valence electrons.